The van der Waals surface area contributed by atoms with Gasteiger partial charge in [0.25, 0.3) is 5.56 Å². The zero-order chi connectivity index (χ0) is 22.5. The van der Waals surface area contributed by atoms with Crippen molar-refractivity contribution in [2.24, 2.45) is 0 Å². The van der Waals surface area contributed by atoms with Crippen LogP contribution in [0.1, 0.15) is 11.1 Å². The van der Waals surface area contributed by atoms with Crippen LogP contribution in [0.3, 0.4) is 0 Å². The van der Waals surface area contributed by atoms with Crippen LogP contribution < -0.4 is 15.6 Å². The number of methoxy groups -OCH3 is 1. The van der Waals surface area contributed by atoms with E-state index in [0.717, 1.165) is 11.1 Å². The highest BCUT2D eigenvalue weighted by molar-refractivity contribution is 7.99. The van der Waals surface area contributed by atoms with Gasteiger partial charge in [-0.05, 0) is 36.8 Å². The molecule has 0 spiro atoms. The summed E-state index contributed by atoms with van der Waals surface area (Å²) in [7, 11) is 1.55. The Bertz CT molecular complexity index is 1320. The monoisotopic (exact) mass is 446 g/mol. The molecule has 0 aliphatic heterocycles. The van der Waals surface area contributed by atoms with Crippen LogP contribution in [-0.2, 0) is 11.3 Å². The lowest BCUT2D eigenvalue weighted by Crippen LogP contribution is -2.25. The van der Waals surface area contributed by atoms with E-state index in [4.69, 9.17) is 4.74 Å². The average Bonchev–Trinajstić information content (AvgIpc) is 2.81. The van der Waals surface area contributed by atoms with E-state index in [1.165, 1.54) is 11.8 Å². The predicted molar refractivity (Wildman–Crippen MR) is 126 cm³/mol. The topological polar surface area (TPSA) is 86.1 Å². The number of hydrogen-bond donors (Lipinski definition) is 1. The number of para-hydroxylation sites is 2. The van der Waals surface area contributed by atoms with Crippen LogP contribution in [0.15, 0.2) is 76.8 Å². The number of thioether (sulfide) groups is 1. The van der Waals surface area contributed by atoms with Crippen LogP contribution in [0.4, 0.5) is 5.69 Å². The van der Waals surface area contributed by atoms with E-state index in [2.05, 4.69) is 15.3 Å². The fourth-order valence-electron chi connectivity index (χ4n) is 3.23. The molecular weight excluding hydrogens is 424 g/mol. The summed E-state index contributed by atoms with van der Waals surface area (Å²) < 4.78 is 6.87. The number of nitrogens with one attached hydrogen (secondary N) is 1. The summed E-state index contributed by atoms with van der Waals surface area (Å²) in [5.74, 6) is 0.434. The maximum atomic E-state index is 13.2. The smallest absolute Gasteiger partial charge is 0.263 e. The van der Waals surface area contributed by atoms with Gasteiger partial charge in [0.2, 0.25) is 5.91 Å². The van der Waals surface area contributed by atoms with E-state index < -0.39 is 0 Å². The molecule has 0 fully saturated rings. The van der Waals surface area contributed by atoms with Gasteiger partial charge in [0.15, 0.2) is 10.8 Å². The minimum absolute atomic E-state index is 0.0801. The average molecular weight is 447 g/mol. The highest BCUT2D eigenvalue weighted by Crippen LogP contribution is 2.24. The molecule has 4 rings (SSSR count). The predicted octanol–water partition coefficient (Wildman–Crippen LogP) is 3.89. The Hall–Kier alpha value is -3.65. The van der Waals surface area contributed by atoms with E-state index in [1.54, 1.807) is 42.1 Å². The van der Waals surface area contributed by atoms with Crippen molar-refractivity contribution in [2.75, 3.05) is 18.2 Å². The summed E-state index contributed by atoms with van der Waals surface area (Å²) in [6.07, 6.45) is 1.60. The number of aryl methyl sites for hydroxylation is 1. The molecule has 0 saturated heterocycles. The van der Waals surface area contributed by atoms with Crippen molar-refractivity contribution < 1.29 is 9.53 Å². The molecule has 0 unspecified atom stereocenters. The molecule has 7 nitrogen and oxygen atoms in total. The third-order valence-electron chi connectivity index (χ3n) is 4.87. The zero-order valence-electron chi connectivity index (χ0n) is 17.7. The van der Waals surface area contributed by atoms with Crippen LogP contribution in [0.5, 0.6) is 5.75 Å². The number of carbonyl (C=O) groups excluding carboxylic acids is 1. The first-order valence-corrected chi connectivity index (χ1v) is 11.0. The van der Waals surface area contributed by atoms with Gasteiger partial charge in [-0.15, -0.1) is 0 Å². The molecule has 0 radical (unpaired) electrons. The summed E-state index contributed by atoms with van der Waals surface area (Å²) in [6, 6.07) is 18.6. The van der Waals surface area contributed by atoms with Crippen molar-refractivity contribution in [1.29, 1.82) is 0 Å². The molecule has 0 bridgehead atoms. The van der Waals surface area contributed by atoms with Gasteiger partial charge in [-0.2, -0.15) is 0 Å². The first kappa shape index (κ1) is 21.6. The summed E-state index contributed by atoms with van der Waals surface area (Å²) in [5.41, 5.74) is 2.89. The number of ether oxygens (including phenoxy) is 1. The van der Waals surface area contributed by atoms with E-state index in [9.17, 15) is 9.59 Å². The van der Waals surface area contributed by atoms with Crippen molar-refractivity contribution >= 4 is 34.4 Å². The number of pyridine rings is 1. The summed E-state index contributed by atoms with van der Waals surface area (Å²) in [4.78, 5) is 34.6. The Balaban J connectivity index is 1.61. The van der Waals surface area contributed by atoms with Crippen molar-refractivity contribution in [3.05, 3.63) is 88.3 Å². The molecule has 2 aromatic carbocycles. The van der Waals surface area contributed by atoms with Crippen molar-refractivity contribution in [3.63, 3.8) is 0 Å². The highest BCUT2D eigenvalue weighted by atomic mass is 32.2. The molecule has 0 atom stereocenters. The fraction of sp³-hybridized carbons (Fsp3) is 0.167. The van der Waals surface area contributed by atoms with Gasteiger partial charge < -0.3 is 10.1 Å². The van der Waals surface area contributed by atoms with Crippen molar-refractivity contribution in [1.82, 2.24) is 14.5 Å². The van der Waals surface area contributed by atoms with E-state index in [0.29, 0.717) is 34.2 Å². The van der Waals surface area contributed by atoms with Gasteiger partial charge in [-0.25, -0.2) is 9.97 Å². The first-order chi connectivity index (χ1) is 15.5. The molecule has 0 aliphatic carbocycles. The summed E-state index contributed by atoms with van der Waals surface area (Å²) >= 11 is 1.20. The van der Waals surface area contributed by atoms with Gasteiger partial charge in [0, 0.05) is 6.20 Å². The number of hydrogen-bond acceptors (Lipinski definition) is 6. The lowest BCUT2D eigenvalue weighted by Gasteiger charge is -2.13. The van der Waals surface area contributed by atoms with Gasteiger partial charge in [0.05, 0.1) is 30.5 Å². The second-order valence-corrected chi connectivity index (χ2v) is 8.13. The molecule has 0 saturated carbocycles. The van der Waals surface area contributed by atoms with E-state index >= 15 is 0 Å². The second kappa shape index (κ2) is 9.65. The number of fused-ring (bicyclic) bond motifs is 1. The van der Waals surface area contributed by atoms with Crippen LogP contribution in [0.2, 0.25) is 0 Å². The Kier molecular flexibility index (Phi) is 6.51. The number of benzene rings is 2. The molecule has 8 heteroatoms. The van der Waals surface area contributed by atoms with Crippen molar-refractivity contribution in [3.8, 4) is 5.75 Å². The second-order valence-electron chi connectivity index (χ2n) is 7.18. The van der Waals surface area contributed by atoms with Crippen LogP contribution in [0, 0.1) is 6.92 Å². The molecule has 2 heterocycles. The Morgan fingerprint density at radius 1 is 1.09 bits per heavy atom. The van der Waals surface area contributed by atoms with Crippen LogP contribution in [0.25, 0.3) is 11.0 Å². The number of amides is 1. The summed E-state index contributed by atoms with van der Waals surface area (Å²) in [6.45, 7) is 2.37. The first-order valence-electron chi connectivity index (χ1n) is 10.0. The molecule has 0 aliphatic rings. The number of nitrogens with zero attached hydrogens (tertiary/aromatic N) is 3. The van der Waals surface area contributed by atoms with E-state index in [-0.39, 0.29) is 17.2 Å². The number of rotatable bonds is 7. The number of anilines is 1. The Labute approximate surface area is 189 Å². The van der Waals surface area contributed by atoms with Gasteiger partial charge in [-0.1, -0.05) is 53.7 Å². The molecule has 4 aromatic rings. The maximum Gasteiger partial charge on any atom is 0.263 e. The quantitative estimate of drug-likeness (QED) is 0.342. The highest BCUT2D eigenvalue weighted by Gasteiger charge is 2.15. The third kappa shape index (κ3) is 4.81. The summed E-state index contributed by atoms with van der Waals surface area (Å²) in [5, 5.41) is 3.73. The molecule has 162 valence electrons. The number of carbonyl (C=O) groups is 1. The molecular formula is C24H22N4O3S. The molecule has 1 amide bonds. The zero-order valence-corrected chi connectivity index (χ0v) is 18.6. The minimum atomic E-state index is -0.225. The standard InChI is InChI=1S/C24H22N4O3S/c1-16-9-11-17(12-10-16)14-28-23(30)18-6-5-13-25-22(18)27-24(28)32-15-21(29)26-19-7-3-4-8-20(19)31-2/h3-13H,14-15H2,1-2H3,(H,26,29). The SMILES string of the molecule is COc1ccccc1NC(=O)CSc1nc2ncccc2c(=O)n1Cc1ccc(C)cc1. The molecule has 32 heavy (non-hydrogen) atoms. The normalized spacial score (nSPS) is 10.8. The Morgan fingerprint density at radius 3 is 2.66 bits per heavy atom. The van der Waals surface area contributed by atoms with Gasteiger partial charge in [-0.3, -0.25) is 14.2 Å². The van der Waals surface area contributed by atoms with E-state index in [1.807, 2.05) is 43.3 Å². The fourth-order valence-corrected chi connectivity index (χ4v) is 4.01. The van der Waals surface area contributed by atoms with Gasteiger partial charge >= 0.3 is 0 Å². The van der Waals surface area contributed by atoms with Crippen molar-refractivity contribution in [2.45, 2.75) is 18.6 Å². The minimum Gasteiger partial charge on any atom is -0.495 e. The largest absolute Gasteiger partial charge is 0.495 e. The lowest BCUT2D eigenvalue weighted by molar-refractivity contribution is -0.113. The third-order valence-corrected chi connectivity index (χ3v) is 5.85. The van der Waals surface area contributed by atoms with Crippen LogP contribution in [-0.4, -0.2) is 33.3 Å². The van der Waals surface area contributed by atoms with Crippen LogP contribution >= 0.6 is 11.8 Å². The maximum absolute atomic E-state index is 13.2. The number of aromatic nitrogens is 3. The Morgan fingerprint density at radius 2 is 1.88 bits per heavy atom. The molecule has 1 N–H and O–H groups in total. The molecule has 2 aromatic heterocycles. The van der Waals surface area contributed by atoms with Gasteiger partial charge in [0.1, 0.15) is 5.75 Å². The lowest BCUT2D eigenvalue weighted by atomic mass is 10.1.